The number of aliphatic hydroxyl groups is 1. The molecule has 0 aliphatic rings. The van der Waals surface area contributed by atoms with Crippen LogP contribution in [0.25, 0.3) is 0 Å². The van der Waals surface area contributed by atoms with Gasteiger partial charge in [0.15, 0.2) is 8.32 Å². The maximum Gasteiger partial charge on any atom is 0.191 e. The topological polar surface area (TPSA) is 42.6 Å². The van der Waals surface area contributed by atoms with Gasteiger partial charge in [0.25, 0.3) is 0 Å². The fourth-order valence-corrected chi connectivity index (χ4v) is 4.88. The smallest absolute Gasteiger partial charge is 0.191 e. The zero-order valence-electron chi connectivity index (χ0n) is 19.2. The van der Waals surface area contributed by atoms with Gasteiger partial charge in [-0.05, 0) is 37.0 Å². The summed E-state index contributed by atoms with van der Waals surface area (Å²) in [6, 6.07) is 2.07. The van der Waals surface area contributed by atoms with Crippen LogP contribution in [0.3, 0.4) is 0 Å². The Morgan fingerprint density at radius 1 is 0.963 bits per heavy atom. The highest BCUT2D eigenvalue weighted by atomic mass is 28.4. The molecule has 1 aromatic rings. The molecule has 0 aromatic carbocycles. The fraction of sp³-hybridized carbons (Fsp3) is 0.818. The van der Waals surface area contributed by atoms with Gasteiger partial charge >= 0.3 is 0 Å². The number of hydrogen-bond donors (Lipinski definition) is 1. The normalized spacial score (nSPS) is 14.6. The predicted molar refractivity (Wildman–Crippen MR) is 122 cm³/mol. The first-order valence-electron chi connectivity index (χ1n) is 10.8. The molecule has 0 fully saturated rings. The third-order valence-electron chi connectivity index (χ3n) is 5.88. The van der Waals surface area contributed by atoms with Crippen molar-refractivity contribution in [3.8, 4) is 0 Å². The molecule has 0 bridgehead atoms. The summed E-state index contributed by atoms with van der Waals surface area (Å²) in [6.07, 6.45) is 9.41. The summed E-state index contributed by atoms with van der Waals surface area (Å²) < 4.78 is 11.9. The van der Waals surface area contributed by atoms with Crippen LogP contribution in [0.1, 0.15) is 77.4 Å². The molecule has 0 saturated carbocycles. The summed E-state index contributed by atoms with van der Waals surface area (Å²) in [5.74, 6) is 0. The fourth-order valence-electron chi connectivity index (χ4n) is 2.78. The van der Waals surface area contributed by atoms with Crippen molar-refractivity contribution in [3.63, 3.8) is 0 Å². The molecule has 1 aromatic heterocycles. The van der Waals surface area contributed by atoms with Crippen LogP contribution in [0, 0.1) is 0 Å². The average Bonchev–Trinajstić information content (AvgIpc) is 3.02. The van der Waals surface area contributed by atoms with E-state index in [-0.39, 0.29) is 6.10 Å². The molecule has 0 spiro atoms. The second kappa shape index (κ2) is 10.4. The lowest BCUT2D eigenvalue weighted by Gasteiger charge is -2.36. The Morgan fingerprint density at radius 2 is 1.52 bits per heavy atom. The van der Waals surface area contributed by atoms with Crippen LogP contribution in [0.4, 0.5) is 0 Å². The van der Waals surface area contributed by atoms with E-state index < -0.39 is 16.4 Å². The summed E-state index contributed by atoms with van der Waals surface area (Å²) in [7, 11) is -3.00. The van der Waals surface area contributed by atoms with Crippen molar-refractivity contribution in [2.45, 2.75) is 110 Å². The lowest BCUT2D eigenvalue weighted by atomic mass is 10.0. The number of hydrogen-bond acceptors (Lipinski definition) is 3. The molecule has 0 aliphatic heterocycles. The molecule has 1 atom stereocenters. The van der Waals surface area contributed by atoms with Crippen molar-refractivity contribution in [1.29, 1.82) is 0 Å². The van der Waals surface area contributed by atoms with Gasteiger partial charge in [0.2, 0.25) is 0 Å². The first kappa shape index (κ1) is 24.7. The lowest BCUT2D eigenvalue weighted by Crippen LogP contribution is -2.40. The highest BCUT2D eigenvalue weighted by Gasteiger charge is 2.36. The Balaban J connectivity index is 2.10. The molecular weight excluding hydrogens is 368 g/mol. The van der Waals surface area contributed by atoms with Crippen LogP contribution in [-0.4, -0.2) is 28.1 Å². The Bertz CT molecular complexity index is 538. The molecule has 1 unspecified atom stereocenters. The van der Waals surface area contributed by atoms with E-state index in [4.69, 9.17) is 8.84 Å². The van der Waals surface area contributed by atoms with Gasteiger partial charge in [-0.3, -0.25) is 0 Å². The maximum absolute atomic E-state index is 10.4. The SMILES string of the molecule is CC(C)(C)[Si](C)(C)OCCCCCCCCC(O)c1coc([Si](C)(C)C)c1. The second-order valence-electron chi connectivity index (χ2n) is 10.5. The Labute approximate surface area is 170 Å². The van der Waals surface area contributed by atoms with Gasteiger partial charge in [-0.1, -0.05) is 72.5 Å². The number of aliphatic hydroxyl groups excluding tert-OH is 1. The number of furan rings is 1. The minimum absolute atomic E-state index is 0.304. The molecule has 27 heavy (non-hydrogen) atoms. The third-order valence-corrected chi connectivity index (χ3v) is 12.2. The summed E-state index contributed by atoms with van der Waals surface area (Å²) in [5.41, 5.74) is 0.954. The molecule has 0 radical (unpaired) electrons. The lowest BCUT2D eigenvalue weighted by molar-refractivity contribution is 0.162. The Kier molecular flexibility index (Phi) is 9.52. The van der Waals surface area contributed by atoms with E-state index >= 15 is 0 Å². The molecule has 1 rings (SSSR count). The van der Waals surface area contributed by atoms with E-state index in [9.17, 15) is 5.11 Å². The summed E-state index contributed by atoms with van der Waals surface area (Å²) in [5, 5.41) is 11.7. The standard InChI is InChI=1S/C22H44O3Si2/c1-22(2,3)27(7,8)25-16-14-12-10-9-11-13-15-20(23)19-17-21(24-18-19)26(4,5)6/h17-18,20,23H,9-16H2,1-8H3. The molecule has 3 nitrogen and oxygen atoms in total. The minimum atomic E-state index is -1.57. The highest BCUT2D eigenvalue weighted by molar-refractivity contribution is 6.87. The molecule has 0 saturated heterocycles. The van der Waals surface area contributed by atoms with Gasteiger partial charge in [0.1, 0.15) is 8.07 Å². The van der Waals surface area contributed by atoms with E-state index in [1.807, 2.05) is 0 Å². The Morgan fingerprint density at radius 3 is 2.04 bits per heavy atom. The van der Waals surface area contributed by atoms with Crippen molar-refractivity contribution in [3.05, 3.63) is 17.9 Å². The first-order chi connectivity index (χ1) is 12.3. The monoisotopic (exact) mass is 412 g/mol. The van der Waals surface area contributed by atoms with Gasteiger partial charge in [-0.25, -0.2) is 0 Å². The zero-order chi connectivity index (χ0) is 20.7. The number of rotatable bonds is 12. The van der Waals surface area contributed by atoms with Gasteiger partial charge < -0.3 is 13.9 Å². The van der Waals surface area contributed by atoms with Crippen molar-refractivity contribution >= 4 is 21.8 Å². The zero-order valence-corrected chi connectivity index (χ0v) is 21.2. The quantitative estimate of drug-likeness (QED) is 0.310. The molecule has 5 heteroatoms. The van der Waals surface area contributed by atoms with E-state index in [0.29, 0.717) is 5.04 Å². The van der Waals surface area contributed by atoms with E-state index in [2.05, 4.69) is 59.6 Å². The van der Waals surface area contributed by atoms with E-state index in [1.54, 1.807) is 6.26 Å². The summed E-state index contributed by atoms with van der Waals surface area (Å²) in [4.78, 5) is 0. The predicted octanol–water partition coefficient (Wildman–Crippen LogP) is 6.61. The molecule has 1 N–H and O–H groups in total. The summed E-state index contributed by atoms with van der Waals surface area (Å²) >= 11 is 0. The largest absolute Gasteiger partial charge is 0.474 e. The summed E-state index contributed by atoms with van der Waals surface area (Å²) in [6.45, 7) is 19.2. The third kappa shape index (κ3) is 8.67. The highest BCUT2D eigenvalue weighted by Crippen LogP contribution is 2.36. The minimum Gasteiger partial charge on any atom is -0.474 e. The van der Waals surface area contributed by atoms with Crippen LogP contribution in [0.15, 0.2) is 16.7 Å². The van der Waals surface area contributed by atoms with Crippen molar-refractivity contribution in [2.24, 2.45) is 0 Å². The molecule has 1 heterocycles. The first-order valence-corrected chi connectivity index (χ1v) is 17.2. The molecule has 158 valence electrons. The Hall–Kier alpha value is -0.366. The van der Waals surface area contributed by atoms with Gasteiger partial charge in [0, 0.05) is 12.2 Å². The van der Waals surface area contributed by atoms with Gasteiger partial charge in [0.05, 0.1) is 17.8 Å². The van der Waals surface area contributed by atoms with Crippen LogP contribution in [-0.2, 0) is 4.43 Å². The number of unbranched alkanes of at least 4 members (excludes halogenated alkanes) is 5. The second-order valence-corrected chi connectivity index (χ2v) is 20.3. The van der Waals surface area contributed by atoms with Crippen LogP contribution < -0.4 is 5.38 Å². The van der Waals surface area contributed by atoms with Crippen LogP contribution >= 0.6 is 0 Å². The van der Waals surface area contributed by atoms with Crippen molar-refractivity contribution in [1.82, 2.24) is 0 Å². The van der Waals surface area contributed by atoms with Crippen molar-refractivity contribution in [2.75, 3.05) is 6.61 Å². The molecule has 0 aliphatic carbocycles. The van der Waals surface area contributed by atoms with E-state index in [1.165, 1.54) is 32.1 Å². The van der Waals surface area contributed by atoms with Gasteiger partial charge in [-0.15, -0.1) is 0 Å². The maximum atomic E-state index is 10.4. The van der Waals surface area contributed by atoms with Crippen LogP contribution in [0.5, 0.6) is 0 Å². The van der Waals surface area contributed by atoms with Crippen LogP contribution in [0.2, 0.25) is 37.8 Å². The van der Waals surface area contributed by atoms with Gasteiger partial charge in [-0.2, -0.15) is 0 Å². The average molecular weight is 413 g/mol. The van der Waals surface area contributed by atoms with Crippen molar-refractivity contribution < 1.29 is 13.9 Å². The molecule has 0 amide bonds. The molecular formula is C22H44O3Si2. The van der Waals surface area contributed by atoms with E-state index in [0.717, 1.165) is 30.4 Å².